The normalized spacial score (nSPS) is 11.0. The van der Waals surface area contributed by atoms with E-state index < -0.39 is 5.60 Å². The Balaban J connectivity index is 2.40. The molecular formula is C12H15BrO3. The minimum absolute atomic E-state index is 0.0705. The molecule has 0 fully saturated rings. The Morgan fingerprint density at radius 1 is 1.25 bits per heavy atom. The Hall–Kier alpha value is -1.03. The molecule has 1 aromatic carbocycles. The highest BCUT2D eigenvalue weighted by atomic mass is 79.9. The summed E-state index contributed by atoms with van der Waals surface area (Å²) in [5.41, 5.74) is -0.472. The number of benzene rings is 1. The summed E-state index contributed by atoms with van der Waals surface area (Å²) in [6, 6.07) is 7.28. The van der Waals surface area contributed by atoms with E-state index in [-0.39, 0.29) is 12.6 Å². The molecule has 0 saturated carbocycles. The first kappa shape index (κ1) is 13.0. The van der Waals surface area contributed by atoms with Crippen molar-refractivity contribution in [2.75, 3.05) is 6.61 Å². The minimum atomic E-state index is -0.472. The van der Waals surface area contributed by atoms with Gasteiger partial charge in [0.15, 0.2) is 6.61 Å². The topological polar surface area (TPSA) is 35.5 Å². The van der Waals surface area contributed by atoms with Gasteiger partial charge in [0.2, 0.25) is 0 Å². The van der Waals surface area contributed by atoms with E-state index in [0.717, 1.165) is 4.47 Å². The van der Waals surface area contributed by atoms with Gasteiger partial charge in [-0.15, -0.1) is 0 Å². The Morgan fingerprint density at radius 3 is 2.31 bits per heavy atom. The van der Waals surface area contributed by atoms with Gasteiger partial charge in [-0.1, -0.05) is 15.9 Å². The van der Waals surface area contributed by atoms with Gasteiger partial charge in [-0.05, 0) is 45.0 Å². The van der Waals surface area contributed by atoms with Crippen LogP contribution in [-0.2, 0) is 9.53 Å². The van der Waals surface area contributed by atoms with Crippen LogP contribution in [0.4, 0.5) is 0 Å². The lowest BCUT2D eigenvalue weighted by Gasteiger charge is -2.19. The molecule has 1 rings (SSSR count). The number of halogens is 1. The summed E-state index contributed by atoms with van der Waals surface area (Å²) in [5.74, 6) is 0.282. The second-order valence-corrected chi connectivity index (χ2v) is 5.24. The summed E-state index contributed by atoms with van der Waals surface area (Å²) < 4.78 is 11.4. The Labute approximate surface area is 104 Å². The highest BCUT2D eigenvalue weighted by Crippen LogP contribution is 2.16. The SMILES string of the molecule is CC(C)(C)OC(=O)COc1ccc(Br)cc1. The average molecular weight is 287 g/mol. The number of ether oxygens (including phenoxy) is 2. The molecule has 0 saturated heterocycles. The number of esters is 1. The molecule has 3 nitrogen and oxygen atoms in total. The number of rotatable bonds is 3. The number of carbonyl (C=O) groups is 1. The molecule has 0 aliphatic heterocycles. The van der Waals surface area contributed by atoms with E-state index in [9.17, 15) is 4.79 Å². The molecule has 0 amide bonds. The van der Waals surface area contributed by atoms with E-state index >= 15 is 0 Å². The van der Waals surface area contributed by atoms with Gasteiger partial charge in [0.25, 0.3) is 0 Å². The molecule has 0 aromatic heterocycles. The first-order valence-corrected chi connectivity index (χ1v) is 5.76. The van der Waals surface area contributed by atoms with Crippen molar-refractivity contribution in [2.45, 2.75) is 26.4 Å². The molecule has 0 bridgehead atoms. The summed E-state index contributed by atoms with van der Waals surface area (Å²) in [6.45, 7) is 5.40. The molecule has 1 aromatic rings. The molecule has 0 aliphatic rings. The van der Waals surface area contributed by atoms with Crippen molar-refractivity contribution < 1.29 is 14.3 Å². The van der Waals surface area contributed by atoms with Crippen LogP contribution in [0.25, 0.3) is 0 Å². The minimum Gasteiger partial charge on any atom is -0.482 e. The van der Waals surface area contributed by atoms with Gasteiger partial charge in [-0.25, -0.2) is 4.79 Å². The summed E-state index contributed by atoms with van der Waals surface area (Å²) in [7, 11) is 0. The van der Waals surface area contributed by atoms with E-state index in [0.29, 0.717) is 5.75 Å². The van der Waals surface area contributed by atoms with Gasteiger partial charge in [-0.3, -0.25) is 0 Å². The smallest absolute Gasteiger partial charge is 0.344 e. The third kappa shape index (κ3) is 5.16. The zero-order chi connectivity index (χ0) is 12.2. The van der Waals surface area contributed by atoms with Crippen molar-refractivity contribution in [3.8, 4) is 5.75 Å². The van der Waals surface area contributed by atoms with Crippen LogP contribution in [0.5, 0.6) is 5.75 Å². The van der Waals surface area contributed by atoms with Gasteiger partial charge in [0.1, 0.15) is 11.4 Å². The van der Waals surface area contributed by atoms with Gasteiger partial charge in [0.05, 0.1) is 0 Å². The van der Waals surface area contributed by atoms with E-state index in [1.54, 1.807) is 12.1 Å². The molecule has 0 aliphatic carbocycles. The van der Waals surface area contributed by atoms with Crippen LogP contribution in [0.3, 0.4) is 0 Å². The molecule has 0 heterocycles. The third-order valence-corrected chi connectivity index (χ3v) is 2.12. The molecule has 0 atom stereocenters. The van der Waals surface area contributed by atoms with Crippen molar-refractivity contribution >= 4 is 21.9 Å². The summed E-state index contributed by atoms with van der Waals surface area (Å²) in [5, 5.41) is 0. The van der Waals surface area contributed by atoms with Crippen molar-refractivity contribution in [1.29, 1.82) is 0 Å². The Morgan fingerprint density at radius 2 is 1.81 bits per heavy atom. The van der Waals surface area contributed by atoms with Crippen LogP contribution >= 0.6 is 15.9 Å². The highest BCUT2D eigenvalue weighted by Gasteiger charge is 2.16. The molecule has 16 heavy (non-hydrogen) atoms. The van der Waals surface area contributed by atoms with Crippen LogP contribution in [0.2, 0.25) is 0 Å². The number of carbonyl (C=O) groups excluding carboxylic acids is 1. The lowest BCUT2D eigenvalue weighted by Crippen LogP contribution is -2.27. The first-order valence-electron chi connectivity index (χ1n) is 4.97. The predicted molar refractivity (Wildman–Crippen MR) is 65.5 cm³/mol. The summed E-state index contributed by atoms with van der Waals surface area (Å²) >= 11 is 3.32. The third-order valence-electron chi connectivity index (χ3n) is 1.59. The largest absolute Gasteiger partial charge is 0.482 e. The fourth-order valence-corrected chi connectivity index (χ4v) is 1.31. The van der Waals surface area contributed by atoms with Crippen LogP contribution in [0.1, 0.15) is 20.8 Å². The van der Waals surface area contributed by atoms with Crippen molar-refractivity contribution in [1.82, 2.24) is 0 Å². The fourth-order valence-electron chi connectivity index (χ4n) is 1.04. The average Bonchev–Trinajstić information content (AvgIpc) is 2.14. The highest BCUT2D eigenvalue weighted by molar-refractivity contribution is 9.10. The fraction of sp³-hybridized carbons (Fsp3) is 0.417. The Bertz CT molecular complexity index is 352. The molecule has 0 radical (unpaired) electrons. The van der Waals surface area contributed by atoms with E-state index in [4.69, 9.17) is 9.47 Å². The monoisotopic (exact) mass is 286 g/mol. The van der Waals surface area contributed by atoms with E-state index in [2.05, 4.69) is 15.9 Å². The van der Waals surface area contributed by atoms with Gasteiger partial charge < -0.3 is 9.47 Å². The van der Waals surface area contributed by atoms with Crippen LogP contribution in [0, 0.1) is 0 Å². The Kier molecular flexibility index (Phi) is 4.35. The standard InChI is InChI=1S/C12H15BrO3/c1-12(2,3)16-11(14)8-15-10-6-4-9(13)5-7-10/h4-7H,8H2,1-3H3. The second-order valence-electron chi connectivity index (χ2n) is 4.33. The maximum Gasteiger partial charge on any atom is 0.344 e. The van der Waals surface area contributed by atoms with Gasteiger partial charge in [0, 0.05) is 4.47 Å². The summed E-state index contributed by atoms with van der Waals surface area (Å²) in [6.07, 6.45) is 0. The van der Waals surface area contributed by atoms with E-state index in [1.807, 2.05) is 32.9 Å². The number of hydrogen-bond donors (Lipinski definition) is 0. The van der Waals surface area contributed by atoms with Crippen LogP contribution in [0.15, 0.2) is 28.7 Å². The molecule has 0 N–H and O–H groups in total. The van der Waals surface area contributed by atoms with Crippen molar-refractivity contribution in [2.24, 2.45) is 0 Å². The van der Waals surface area contributed by atoms with Gasteiger partial charge >= 0.3 is 5.97 Å². The first-order chi connectivity index (χ1) is 7.37. The molecule has 0 unspecified atom stereocenters. The molecule has 4 heteroatoms. The van der Waals surface area contributed by atoms with Crippen LogP contribution in [-0.4, -0.2) is 18.2 Å². The molecular weight excluding hydrogens is 272 g/mol. The van der Waals surface area contributed by atoms with Crippen molar-refractivity contribution in [3.05, 3.63) is 28.7 Å². The van der Waals surface area contributed by atoms with Crippen molar-refractivity contribution in [3.63, 3.8) is 0 Å². The molecule has 88 valence electrons. The maximum absolute atomic E-state index is 11.3. The summed E-state index contributed by atoms with van der Waals surface area (Å²) in [4.78, 5) is 11.3. The predicted octanol–water partition coefficient (Wildman–Crippen LogP) is 3.17. The zero-order valence-electron chi connectivity index (χ0n) is 9.62. The zero-order valence-corrected chi connectivity index (χ0v) is 11.2. The van der Waals surface area contributed by atoms with E-state index in [1.165, 1.54) is 0 Å². The lowest BCUT2D eigenvalue weighted by atomic mass is 10.2. The van der Waals surface area contributed by atoms with Crippen LogP contribution < -0.4 is 4.74 Å². The number of hydrogen-bond acceptors (Lipinski definition) is 3. The van der Waals surface area contributed by atoms with Gasteiger partial charge in [-0.2, -0.15) is 0 Å². The quantitative estimate of drug-likeness (QED) is 0.801. The molecule has 0 spiro atoms. The maximum atomic E-state index is 11.3. The second kappa shape index (κ2) is 5.34. The lowest BCUT2D eigenvalue weighted by molar-refractivity contribution is -0.157.